The average Bonchev–Trinajstić information content (AvgIpc) is 3.94. The molecule has 1 unspecified atom stereocenters. The third kappa shape index (κ3) is 29.0. The highest BCUT2D eigenvalue weighted by molar-refractivity contribution is 5.85. The van der Waals surface area contributed by atoms with Gasteiger partial charge in [-0.3, -0.25) is 58.9 Å². The summed E-state index contributed by atoms with van der Waals surface area (Å²) in [7, 11) is 0. The Morgan fingerprint density at radius 1 is 0.711 bits per heavy atom. The summed E-state index contributed by atoms with van der Waals surface area (Å²) < 4.78 is 0. The number of aromatic nitrogens is 1. The fourth-order valence-corrected chi connectivity index (χ4v) is 6.03. The van der Waals surface area contributed by atoms with E-state index in [4.69, 9.17) is 70.8 Å². The number of H-pyrrole nitrogens is 1. The van der Waals surface area contributed by atoms with Gasteiger partial charge in [0.25, 0.3) is 0 Å². The van der Waals surface area contributed by atoms with E-state index in [1.165, 1.54) is 19.1 Å². The molecule has 0 saturated carbocycles. The van der Waals surface area contributed by atoms with Gasteiger partial charge in [0.1, 0.15) is 30.2 Å². The maximum Gasteiger partial charge on any atom is 0.458 e. The van der Waals surface area contributed by atoms with Gasteiger partial charge in [0, 0.05) is 53.6 Å². The normalized spacial score (nSPS) is 16.0. The minimum atomic E-state index is -2.77. The van der Waals surface area contributed by atoms with E-state index in [1.807, 2.05) is 58.2 Å². The van der Waals surface area contributed by atoms with Crippen molar-refractivity contribution in [1.29, 1.82) is 0 Å². The molecule has 1 fully saturated rings. The molecule has 31 nitrogen and oxygen atoms in total. The van der Waals surface area contributed by atoms with Crippen molar-refractivity contribution in [2.45, 2.75) is 115 Å². The highest BCUT2D eigenvalue weighted by Crippen LogP contribution is 2.36. The summed E-state index contributed by atoms with van der Waals surface area (Å²) in [4.78, 5) is 99.5. The quantitative estimate of drug-likeness (QED) is 0.0223. The molecule has 24 N–H and O–H groups in total. The third-order valence-corrected chi connectivity index (χ3v) is 9.78. The number of nitrogens with zero attached hydrogens (tertiary/aromatic N) is 4. The molecular formula is C45H75N13O18. The van der Waals surface area contributed by atoms with Crippen LogP contribution in [0.1, 0.15) is 72.3 Å². The molecule has 428 valence electrons. The van der Waals surface area contributed by atoms with Gasteiger partial charge in [-0.1, -0.05) is 64.1 Å². The van der Waals surface area contributed by atoms with Crippen LogP contribution < -0.4 is 50.8 Å². The Hall–Kier alpha value is -8.10. The number of nitro groups is 2. The largest absolute Gasteiger partial charge is 0.480 e. The van der Waals surface area contributed by atoms with E-state index < -0.39 is 93.5 Å². The summed E-state index contributed by atoms with van der Waals surface area (Å²) in [5.41, 5.74) is 40.1. The maximum absolute atomic E-state index is 11.5. The SMILES string of the molecule is CC(C)C[C@H](N)C(=O)O.CC(C)C[C@H](N)C(=O)O.C[C@H](N)C(=O)O.NC(N)=NCCC[C@H](N)C(=O)O.NCC(=O)O.N[C@@H](Cc1c[nH]c2ccccc12)C(=O)O.O=C(O)[C@]1([N+](=O)[O-])C([N+](=O)[O-])CCN1c1ccccc1. The van der Waals surface area contributed by atoms with Crippen LogP contribution in [-0.2, 0) is 40.0 Å². The van der Waals surface area contributed by atoms with Crippen molar-refractivity contribution >= 4 is 64.3 Å². The van der Waals surface area contributed by atoms with Gasteiger partial charge in [-0.15, -0.1) is 0 Å². The number of anilines is 1. The van der Waals surface area contributed by atoms with Crippen LogP contribution in [-0.4, -0.2) is 160 Å². The second-order valence-electron chi connectivity index (χ2n) is 17.1. The van der Waals surface area contributed by atoms with Gasteiger partial charge in [0.15, 0.2) is 5.96 Å². The molecule has 76 heavy (non-hydrogen) atoms. The topological polar surface area (TPSA) is 587 Å². The van der Waals surface area contributed by atoms with E-state index in [0.29, 0.717) is 50.5 Å². The minimum absolute atomic E-state index is 0.0129. The Morgan fingerprint density at radius 3 is 1.49 bits per heavy atom. The molecule has 0 radical (unpaired) electrons. The van der Waals surface area contributed by atoms with Crippen molar-refractivity contribution in [2.24, 2.45) is 62.7 Å². The van der Waals surface area contributed by atoms with Gasteiger partial charge in [-0.25, -0.2) is 4.79 Å². The number of aliphatic carboxylic acids is 7. The van der Waals surface area contributed by atoms with E-state index in [-0.39, 0.29) is 31.2 Å². The van der Waals surface area contributed by atoms with Crippen molar-refractivity contribution in [1.82, 2.24) is 4.98 Å². The first-order valence-corrected chi connectivity index (χ1v) is 22.9. The fourth-order valence-electron chi connectivity index (χ4n) is 6.03. The Kier molecular flexibility index (Phi) is 35.7. The third-order valence-electron chi connectivity index (χ3n) is 9.78. The summed E-state index contributed by atoms with van der Waals surface area (Å²) in [5, 5.41) is 81.9. The minimum Gasteiger partial charge on any atom is -0.480 e. The van der Waals surface area contributed by atoms with Crippen LogP contribution in [0.2, 0.25) is 0 Å². The Labute approximate surface area is 436 Å². The summed E-state index contributed by atoms with van der Waals surface area (Å²) in [5.74, 6) is -6.83. The van der Waals surface area contributed by atoms with Crippen molar-refractivity contribution in [2.75, 3.05) is 24.5 Å². The van der Waals surface area contributed by atoms with E-state index in [2.05, 4.69) is 15.7 Å². The second kappa shape index (κ2) is 37.6. The number of carboxylic acids is 7. The summed E-state index contributed by atoms with van der Waals surface area (Å²) >= 11 is 0. The lowest BCUT2D eigenvalue weighted by molar-refractivity contribution is -0.634. The standard InChI is InChI=1S/C11H11N3O6.C11H12N2O2.C6H14N4O2.2C6H13NO2.C3H7NO2.C2H5NO2/c15-10(16)11(14(19)20)9(13(17)18)6-7-12(11)8-4-2-1-3-5-8;12-9(11(14)15)5-7-6-13-10-4-2-1-3-8(7)10;7-4(5(11)12)2-1-3-10-6(8)9;2*1-4(2)3-5(7)6(8)9;1-2(4)3(5)6;3-1-2(4)5/h1-5,9H,6-7H2,(H,15,16);1-4,6,9,13H,5,12H2,(H,14,15);4H,1-3,7H2,(H,11,12)(H4,8,9,10);2*4-5H,3,7H2,1-2H3,(H,8,9);2H,4H2,1H3,(H,5,6);1,3H2,(H,4,5)/t9?,11-;9-;4-;2*5-;2-;/m100000./s1. The smallest absolute Gasteiger partial charge is 0.458 e. The number of nitrogens with one attached hydrogen (secondary N) is 1. The first-order chi connectivity index (χ1) is 35.1. The molecular weight excluding hydrogens is 1010 g/mol. The molecule has 4 rings (SSSR count). The van der Waals surface area contributed by atoms with Crippen LogP contribution in [0, 0.1) is 32.1 Å². The highest BCUT2D eigenvalue weighted by Gasteiger charge is 2.73. The zero-order valence-corrected chi connectivity index (χ0v) is 42.8. The Balaban J connectivity index is -0.000000858. The molecule has 1 saturated heterocycles. The number of rotatable bonds is 20. The van der Waals surface area contributed by atoms with E-state index in [1.54, 1.807) is 18.2 Å². The van der Waals surface area contributed by atoms with Gasteiger partial charge in [0.05, 0.1) is 11.5 Å². The molecule has 0 amide bonds. The number of aromatic amines is 1. The lowest BCUT2D eigenvalue weighted by Gasteiger charge is -2.28. The van der Waals surface area contributed by atoms with E-state index >= 15 is 0 Å². The van der Waals surface area contributed by atoms with E-state index in [0.717, 1.165) is 21.4 Å². The van der Waals surface area contributed by atoms with Crippen LogP contribution in [0.25, 0.3) is 10.9 Å². The maximum atomic E-state index is 11.5. The Morgan fingerprint density at radius 2 is 1.14 bits per heavy atom. The van der Waals surface area contributed by atoms with Crippen molar-refractivity contribution < 1.29 is 79.2 Å². The van der Waals surface area contributed by atoms with Crippen LogP contribution in [0.5, 0.6) is 0 Å². The zero-order valence-electron chi connectivity index (χ0n) is 42.8. The van der Waals surface area contributed by atoms with Gasteiger partial charge in [-0.05, 0) is 68.2 Å². The molecule has 31 heteroatoms. The summed E-state index contributed by atoms with van der Waals surface area (Å²) in [6.45, 7) is 9.28. The van der Waals surface area contributed by atoms with Gasteiger partial charge in [-0.2, -0.15) is 0 Å². The number of hydrogen-bond acceptors (Lipinski definition) is 19. The number of para-hydroxylation sites is 2. The number of carboxylic acid groups (broad SMARTS) is 7. The number of fused-ring (bicyclic) bond motifs is 1. The van der Waals surface area contributed by atoms with Gasteiger partial charge >= 0.3 is 53.5 Å². The predicted molar refractivity (Wildman–Crippen MR) is 278 cm³/mol. The van der Waals surface area contributed by atoms with Crippen LogP contribution in [0.4, 0.5) is 5.69 Å². The van der Waals surface area contributed by atoms with Crippen LogP contribution in [0.3, 0.4) is 0 Å². The molecule has 2 heterocycles. The molecule has 1 aliphatic rings. The molecule has 1 aliphatic heterocycles. The second-order valence-corrected chi connectivity index (χ2v) is 17.1. The van der Waals surface area contributed by atoms with Crippen molar-refractivity contribution in [3.63, 3.8) is 0 Å². The number of nitrogens with two attached hydrogens (primary N) is 8. The first kappa shape index (κ1) is 72.1. The number of hydrogen-bond donors (Lipinski definition) is 16. The number of guanidine groups is 1. The van der Waals surface area contributed by atoms with Crippen molar-refractivity contribution in [3.8, 4) is 0 Å². The van der Waals surface area contributed by atoms with Gasteiger partial charge < -0.3 is 86.6 Å². The highest BCUT2D eigenvalue weighted by atomic mass is 16.7. The molecule has 2 aromatic carbocycles. The Bertz CT molecular complexity index is 2270. The summed E-state index contributed by atoms with van der Waals surface area (Å²) in [6.07, 6.45) is 4.02. The molecule has 0 spiro atoms. The lowest BCUT2D eigenvalue weighted by atomic mass is 10.0. The predicted octanol–water partition coefficient (Wildman–Crippen LogP) is -0.490. The molecule has 7 atom stereocenters. The number of carbonyl (C=O) groups is 7. The number of benzene rings is 2. The number of aliphatic imine (C=N–C) groups is 1. The average molecular weight is 1090 g/mol. The van der Waals surface area contributed by atoms with Crippen molar-refractivity contribution in [3.05, 3.63) is 86.6 Å². The molecule has 0 bridgehead atoms. The van der Waals surface area contributed by atoms with E-state index in [9.17, 15) is 58.9 Å². The molecule has 0 aliphatic carbocycles. The lowest BCUT2D eigenvalue weighted by Crippen LogP contribution is -2.64. The van der Waals surface area contributed by atoms with Crippen LogP contribution >= 0.6 is 0 Å². The fraction of sp³-hybridized carbons (Fsp3) is 0.511. The summed E-state index contributed by atoms with van der Waals surface area (Å²) in [6, 6.07) is 10.0. The molecule has 3 aromatic rings. The zero-order chi connectivity index (χ0) is 59.6. The molecule has 1 aromatic heterocycles. The van der Waals surface area contributed by atoms with Gasteiger partial charge in [0.2, 0.25) is 0 Å². The monoisotopic (exact) mass is 1090 g/mol. The first-order valence-electron chi connectivity index (χ1n) is 22.9. The van der Waals surface area contributed by atoms with Crippen LogP contribution in [0.15, 0.2) is 65.8 Å².